The molecule has 0 aliphatic carbocycles. The van der Waals surface area contributed by atoms with Crippen LogP contribution in [0.25, 0.3) is 10.9 Å². The summed E-state index contributed by atoms with van der Waals surface area (Å²) in [6, 6.07) is 7.30. The van der Waals surface area contributed by atoms with Gasteiger partial charge in [0, 0.05) is 17.3 Å². The Morgan fingerprint density at radius 3 is 2.89 bits per heavy atom. The molecule has 0 fully saturated rings. The molecular weight excluding hydrogens is 280 g/mol. The summed E-state index contributed by atoms with van der Waals surface area (Å²) in [4.78, 5) is 16.9. The molecular formula is C14H13ClN2OS. The van der Waals surface area contributed by atoms with E-state index in [-0.39, 0.29) is 5.56 Å². The maximum Gasteiger partial charge on any atom is 0.262 e. The predicted molar refractivity (Wildman–Crippen MR) is 81.9 cm³/mol. The lowest BCUT2D eigenvalue weighted by molar-refractivity contribution is 0.672. The second-order valence-electron chi connectivity index (χ2n) is 3.92. The standard InChI is InChI=1S/C14H13ClN2OS/c1-3-8-17-13(18)11-6-4-5-7-12(11)16-14(17)19-9-10(2)15/h3-7H,1-2,8-9H2. The Morgan fingerprint density at radius 1 is 1.47 bits per heavy atom. The molecule has 1 heterocycles. The summed E-state index contributed by atoms with van der Waals surface area (Å²) >= 11 is 7.16. The van der Waals surface area contributed by atoms with E-state index in [1.54, 1.807) is 16.7 Å². The van der Waals surface area contributed by atoms with E-state index in [2.05, 4.69) is 18.1 Å². The molecule has 98 valence electrons. The zero-order valence-electron chi connectivity index (χ0n) is 10.3. The highest BCUT2D eigenvalue weighted by Crippen LogP contribution is 2.20. The summed E-state index contributed by atoms with van der Waals surface area (Å²) in [5, 5.41) is 1.77. The van der Waals surface area contributed by atoms with Crippen LogP contribution in [0.15, 0.2) is 58.5 Å². The van der Waals surface area contributed by atoms with Crippen molar-refractivity contribution in [1.29, 1.82) is 0 Å². The molecule has 19 heavy (non-hydrogen) atoms. The molecule has 1 aromatic carbocycles. The van der Waals surface area contributed by atoms with E-state index < -0.39 is 0 Å². The molecule has 0 aliphatic rings. The summed E-state index contributed by atoms with van der Waals surface area (Å²) in [5.74, 6) is 0.517. The Balaban J connectivity index is 2.59. The molecule has 2 aromatic rings. The number of aromatic nitrogens is 2. The van der Waals surface area contributed by atoms with Crippen molar-refractivity contribution in [3.63, 3.8) is 0 Å². The van der Waals surface area contributed by atoms with E-state index in [0.717, 1.165) is 0 Å². The van der Waals surface area contributed by atoms with Gasteiger partial charge in [0.1, 0.15) is 0 Å². The van der Waals surface area contributed by atoms with E-state index in [1.807, 2.05) is 18.2 Å². The Kier molecular flexibility index (Phi) is 4.45. The van der Waals surface area contributed by atoms with Crippen LogP contribution in [0, 0.1) is 0 Å². The highest BCUT2D eigenvalue weighted by molar-refractivity contribution is 7.99. The highest BCUT2D eigenvalue weighted by Gasteiger charge is 2.10. The molecule has 0 unspecified atom stereocenters. The minimum absolute atomic E-state index is 0.0619. The van der Waals surface area contributed by atoms with Crippen LogP contribution < -0.4 is 5.56 Å². The smallest absolute Gasteiger partial charge is 0.262 e. The van der Waals surface area contributed by atoms with Crippen molar-refractivity contribution in [2.75, 3.05) is 5.75 Å². The largest absolute Gasteiger partial charge is 0.283 e. The molecule has 3 nitrogen and oxygen atoms in total. The van der Waals surface area contributed by atoms with Gasteiger partial charge in [-0.25, -0.2) is 4.98 Å². The lowest BCUT2D eigenvalue weighted by Crippen LogP contribution is -2.22. The molecule has 0 saturated carbocycles. The summed E-state index contributed by atoms with van der Waals surface area (Å²) < 4.78 is 1.60. The third kappa shape index (κ3) is 3.08. The summed E-state index contributed by atoms with van der Waals surface area (Å²) in [7, 11) is 0. The number of thioether (sulfide) groups is 1. The lowest BCUT2D eigenvalue weighted by atomic mass is 10.2. The molecule has 5 heteroatoms. The van der Waals surface area contributed by atoms with Gasteiger partial charge in [-0.1, -0.05) is 48.2 Å². The van der Waals surface area contributed by atoms with Gasteiger partial charge in [-0.3, -0.25) is 9.36 Å². The first-order valence-electron chi connectivity index (χ1n) is 5.70. The van der Waals surface area contributed by atoms with E-state index >= 15 is 0 Å². The van der Waals surface area contributed by atoms with Crippen LogP contribution in [0.4, 0.5) is 0 Å². The molecule has 0 N–H and O–H groups in total. The van der Waals surface area contributed by atoms with Gasteiger partial charge < -0.3 is 0 Å². The van der Waals surface area contributed by atoms with Crippen LogP contribution in [0.3, 0.4) is 0 Å². The summed E-state index contributed by atoms with van der Waals surface area (Å²) in [5.41, 5.74) is 0.628. The van der Waals surface area contributed by atoms with E-state index in [4.69, 9.17) is 11.6 Å². The van der Waals surface area contributed by atoms with Crippen LogP contribution in [0.1, 0.15) is 0 Å². The second-order valence-corrected chi connectivity index (χ2v) is 5.40. The van der Waals surface area contributed by atoms with Gasteiger partial charge in [-0.2, -0.15) is 0 Å². The molecule has 0 atom stereocenters. The lowest BCUT2D eigenvalue weighted by Gasteiger charge is -2.10. The van der Waals surface area contributed by atoms with Crippen LogP contribution in [-0.4, -0.2) is 15.3 Å². The van der Waals surface area contributed by atoms with Crippen LogP contribution >= 0.6 is 23.4 Å². The zero-order valence-corrected chi connectivity index (χ0v) is 11.9. The molecule has 0 spiro atoms. The van der Waals surface area contributed by atoms with Gasteiger partial charge >= 0.3 is 0 Å². The number of hydrogen-bond donors (Lipinski definition) is 0. The number of benzene rings is 1. The van der Waals surface area contributed by atoms with Gasteiger partial charge in [-0.05, 0) is 12.1 Å². The predicted octanol–water partition coefficient (Wildman–Crippen LogP) is 3.43. The average Bonchev–Trinajstić information content (AvgIpc) is 2.40. The maximum atomic E-state index is 12.4. The maximum absolute atomic E-state index is 12.4. The minimum atomic E-state index is -0.0619. The summed E-state index contributed by atoms with van der Waals surface area (Å²) in [6.07, 6.45) is 1.68. The molecule has 0 saturated heterocycles. The molecule has 0 bridgehead atoms. The number of hydrogen-bond acceptors (Lipinski definition) is 3. The van der Waals surface area contributed by atoms with Crippen molar-refractivity contribution in [3.05, 3.63) is 58.9 Å². The van der Waals surface area contributed by atoms with Gasteiger partial charge in [0.15, 0.2) is 5.16 Å². The number of halogens is 1. The first-order valence-corrected chi connectivity index (χ1v) is 7.06. The first kappa shape index (κ1) is 13.9. The van der Waals surface area contributed by atoms with Crippen LogP contribution in [-0.2, 0) is 6.54 Å². The Hall–Kier alpha value is -1.52. The quantitative estimate of drug-likeness (QED) is 0.481. The van der Waals surface area contributed by atoms with Gasteiger partial charge in [0.25, 0.3) is 5.56 Å². The molecule has 2 rings (SSSR count). The van der Waals surface area contributed by atoms with Crippen molar-refractivity contribution in [1.82, 2.24) is 9.55 Å². The molecule has 0 radical (unpaired) electrons. The molecule has 0 amide bonds. The van der Waals surface area contributed by atoms with Gasteiger partial charge in [0.2, 0.25) is 0 Å². The number of para-hydroxylation sites is 1. The fraction of sp³-hybridized carbons (Fsp3) is 0.143. The Labute approximate surface area is 120 Å². The third-order valence-corrected chi connectivity index (χ3v) is 3.85. The first-order chi connectivity index (χ1) is 9.13. The van der Waals surface area contributed by atoms with Crippen molar-refractivity contribution < 1.29 is 0 Å². The second kappa shape index (κ2) is 6.08. The average molecular weight is 293 g/mol. The fourth-order valence-corrected chi connectivity index (χ4v) is 2.62. The van der Waals surface area contributed by atoms with Gasteiger partial charge in [-0.15, -0.1) is 6.58 Å². The number of nitrogens with zero attached hydrogens (tertiary/aromatic N) is 2. The van der Waals surface area contributed by atoms with Crippen molar-refractivity contribution >= 4 is 34.3 Å². The topological polar surface area (TPSA) is 34.9 Å². The molecule has 0 aliphatic heterocycles. The number of allylic oxidation sites excluding steroid dienone is 1. The summed E-state index contributed by atoms with van der Waals surface area (Å²) in [6.45, 7) is 7.74. The third-order valence-electron chi connectivity index (χ3n) is 2.50. The Bertz CT molecular complexity index is 693. The number of fused-ring (bicyclic) bond motifs is 1. The van der Waals surface area contributed by atoms with Crippen molar-refractivity contribution in [3.8, 4) is 0 Å². The van der Waals surface area contributed by atoms with Gasteiger partial charge in [0.05, 0.1) is 10.9 Å². The van der Waals surface area contributed by atoms with Crippen molar-refractivity contribution in [2.45, 2.75) is 11.7 Å². The fourth-order valence-electron chi connectivity index (χ4n) is 1.69. The SMILES string of the molecule is C=CCn1c(SCC(=C)Cl)nc2ccccc2c1=O. The van der Waals surface area contributed by atoms with E-state index in [1.165, 1.54) is 11.8 Å². The minimum Gasteiger partial charge on any atom is -0.283 e. The van der Waals surface area contributed by atoms with Crippen molar-refractivity contribution in [2.24, 2.45) is 0 Å². The van der Waals surface area contributed by atoms with E-state index in [9.17, 15) is 4.79 Å². The molecule has 1 aromatic heterocycles. The van der Waals surface area contributed by atoms with E-state index in [0.29, 0.717) is 33.4 Å². The van der Waals surface area contributed by atoms with Crippen LogP contribution in [0.2, 0.25) is 0 Å². The van der Waals surface area contributed by atoms with Crippen LogP contribution in [0.5, 0.6) is 0 Å². The zero-order chi connectivity index (χ0) is 13.8. The number of rotatable bonds is 5. The normalized spacial score (nSPS) is 10.6. The monoisotopic (exact) mass is 292 g/mol. The highest BCUT2D eigenvalue weighted by atomic mass is 35.5. The Morgan fingerprint density at radius 2 is 2.21 bits per heavy atom.